The third-order valence-electron chi connectivity index (χ3n) is 3.61. The van der Waals surface area contributed by atoms with Crippen LogP contribution in [0.1, 0.15) is 58.8 Å². The Balaban J connectivity index is 2.54. The SMILES string of the molecule is CCCOCC(O)C1(OCC)CCCCCC1. The average molecular weight is 244 g/mol. The van der Waals surface area contributed by atoms with Crippen LogP contribution in [0.5, 0.6) is 0 Å². The molecule has 3 heteroatoms. The Morgan fingerprint density at radius 3 is 2.29 bits per heavy atom. The minimum absolute atomic E-state index is 0.348. The second kappa shape index (κ2) is 8.06. The summed E-state index contributed by atoms with van der Waals surface area (Å²) >= 11 is 0. The number of hydrogen-bond acceptors (Lipinski definition) is 3. The summed E-state index contributed by atoms with van der Waals surface area (Å²) in [5.74, 6) is 0. The topological polar surface area (TPSA) is 38.7 Å². The smallest absolute Gasteiger partial charge is 0.106 e. The van der Waals surface area contributed by atoms with Crippen LogP contribution in [0.4, 0.5) is 0 Å². The van der Waals surface area contributed by atoms with Crippen LogP contribution in [0.15, 0.2) is 0 Å². The van der Waals surface area contributed by atoms with Crippen molar-refractivity contribution in [3.8, 4) is 0 Å². The number of rotatable bonds is 7. The molecular weight excluding hydrogens is 216 g/mol. The first-order valence-electron chi connectivity index (χ1n) is 7.15. The maximum atomic E-state index is 10.4. The van der Waals surface area contributed by atoms with Gasteiger partial charge in [0.15, 0.2) is 0 Å². The Hall–Kier alpha value is -0.120. The first kappa shape index (κ1) is 14.9. The van der Waals surface area contributed by atoms with E-state index in [2.05, 4.69) is 6.92 Å². The van der Waals surface area contributed by atoms with Crippen LogP contribution in [0.2, 0.25) is 0 Å². The molecule has 1 aliphatic carbocycles. The van der Waals surface area contributed by atoms with Gasteiger partial charge in [0.2, 0.25) is 0 Å². The normalized spacial score (nSPS) is 22.1. The van der Waals surface area contributed by atoms with Gasteiger partial charge in [-0.25, -0.2) is 0 Å². The number of hydrogen-bond donors (Lipinski definition) is 1. The fraction of sp³-hybridized carbons (Fsp3) is 1.00. The van der Waals surface area contributed by atoms with E-state index in [9.17, 15) is 5.11 Å². The summed E-state index contributed by atoms with van der Waals surface area (Å²) in [6, 6.07) is 0. The third kappa shape index (κ3) is 4.57. The van der Waals surface area contributed by atoms with Crippen LogP contribution in [0, 0.1) is 0 Å². The molecule has 1 aliphatic rings. The molecule has 1 saturated carbocycles. The van der Waals surface area contributed by atoms with Crippen LogP contribution in [-0.4, -0.2) is 36.6 Å². The van der Waals surface area contributed by atoms with E-state index in [4.69, 9.17) is 9.47 Å². The van der Waals surface area contributed by atoms with E-state index in [1.807, 2.05) is 6.92 Å². The van der Waals surface area contributed by atoms with Gasteiger partial charge >= 0.3 is 0 Å². The average Bonchev–Trinajstić information content (AvgIpc) is 2.56. The molecule has 1 atom stereocenters. The molecule has 0 radical (unpaired) electrons. The molecule has 0 aromatic carbocycles. The maximum Gasteiger partial charge on any atom is 0.106 e. The van der Waals surface area contributed by atoms with Crippen molar-refractivity contribution in [3.63, 3.8) is 0 Å². The molecule has 102 valence electrons. The first-order chi connectivity index (χ1) is 8.25. The fourth-order valence-electron chi connectivity index (χ4n) is 2.68. The molecule has 1 fully saturated rings. The lowest BCUT2D eigenvalue weighted by Crippen LogP contribution is -2.47. The largest absolute Gasteiger partial charge is 0.388 e. The van der Waals surface area contributed by atoms with Gasteiger partial charge in [-0.15, -0.1) is 0 Å². The van der Waals surface area contributed by atoms with Crippen LogP contribution >= 0.6 is 0 Å². The molecule has 1 unspecified atom stereocenters. The molecule has 0 spiro atoms. The summed E-state index contributed by atoms with van der Waals surface area (Å²) < 4.78 is 11.4. The minimum Gasteiger partial charge on any atom is -0.388 e. The Morgan fingerprint density at radius 2 is 1.76 bits per heavy atom. The van der Waals surface area contributed by atoms with Crippen molar-refractivity contribution in [2.75, 3.05) is 19.8 Å². The summed E-state index contributed by atoms with van der Waals surface area (Å²) in [5.41, 5.74) is -0.348. The summed E-state index contributed by atoms with van der Waals surface area (Å²) in [4.78, 5) is 0. The van der Waals surface area contributed by atoms with Gasteiger partial charge in [-0.05, 0) is 26.2 Å². The van der Waals surface area contributed by atoms with Crippen molar-refractivity contribution in [3.05, 3.63) is 0 Å². The van der Waals surface area contributed by atoms with Crippen molar-refractivity contribution >= 4 is 0 Å². The Bertz CT molecular complexity index is 186. The van der Waals surface area contributed by atoms with Gasteiger partial charge in [-0.2, -0.15) is 0 Å². The molecule has 0 aromatic heterocycles. The van der Waals surface area contributed by atoms with Crippen LogP contribution in [-0.2, 0) is 9.47 Å². The van der Waals surface area contributed by atoms with Gasteiger partial charge in [0, 0.05) is 13.2 Å². The van der Waals surface area contributed by atoms with E-state index in [1.165, 1.54) is 12.8 Å². The van der Waals surface area contributed by atoms with E-state index < -0.39 is 6.10 Å². The highest BCUT2D eigenvalue weighted by Crippen LogP contribution is 2.33. The number of ether oxygens (including phenoxy) is 2. The molecule has 0 aliphatic heterocycles. The summed E-state index contributed by atoms with van der Waals surface area (Å²) in [5, 5.41) is 10.4. The quantitative estimate of drug-likeness (QED) is 0.553. The predicted octanol–water partition coefficient (Wildman–Crippen LogP) is 2.90. The Morgan fingerprint density at radius 1 is 1.12 bits per heavy atom. The van der Waals surface area contributed by atoms with E-state index in [1.54, 1.807) is 0 Å². The second-order valence-corrected chi connectivity index (χ2v) is 5.00. The molecule has 0 bridgehead atoms. The molecule has 3 nitrogen and oxygen atoms in total. The van der Waals surface area contributed by atoms with Crippen LogP contribution in [0.3, 0.4) is 0 Å². The Labute approximate surface area is 105 Å². The Kier molecular flexibility index (Phi) is 7.09. The summed E-state index contributed by atoms with van der Waals surface area (Å²) in [6.45, 7) is 5.89. The second-order valence-electron chi connectivity index (χ2n) is 5.00. The minimum atomic E-state index is -0.480. The molecule has 0 saturated heterocycles. The van der Waals surface area contributed by atoms with Crippen molar-refractivity contribution in [2.24, 2.45) is 0 Å². The zero-order chi connectivity index (χ0) is 12.6. The van der Waals surface area contributed by atoms with Gasteiger partial charge in [-0.1, -0.05) is 32.6 Å². The van der Waals surface area contributed by atoms with Crippen LogP contribution < -0.4 is 0 Å². The molecule has 1 rings (SSSR count). The summed E-state index contributed by atoms with van der Waals surface area (Å²) in [7, 11) is 0. The zero-order valence-electron chi connectivity index (χ0n) is 11.4. The standard InChI is InChI=1S/C14H28O3/c1-3-11-16-12-13(15)14(17-4-2)9-7-5-6-8-10-14/h13,15H,3-12H2,1-2H3. The molecule has 0 heterocycles. The van der Waals surface area contributed by atoms with Gasteiger partial charge < -0.3 is 14.6 Å². The first-order valence-corrected chi connectivity index (χ1v) is 7.15. The lowest BCUT2D eigenvalue weighted by molar-refractivity contribution is -0.148. The van der Waals surface area contributed by atoms with Gasteiger partial charge in [0.05, 0.1) is 12.2 Å². The third-order valence-corrected chi connectivity index (χ3v) is 3.61. The van der Waals surface area contributed by atoms with E-state index in [-0.39, 0.29) is 5.60 Å². The highest BCUT2D eigenvalue weighted by atomic mass is 16.5. The van der Waals surface area contributed by atoms with Crippen molar-refractivity contribution in [2.45, 2.75) is 70.5 Å². The lowest BCUT2D eigenvalue weighted by Gasteiger charge is -2.37. The van der Waals surface area contributed by atoms with Gasteiger partial charge in [0.1, 0.15) is 6.10 Å². The number of aliphatic hydroxyl groups is 1. The van der Waals surface area contributed by atoms with E-state index in [0.717, 1.165) is 38.7 Å². The highest BCUT2D eigenvalue weighted by Gasteiger charge is 2.38. The number of aliphatic hydroxyl groups excluding tert-OH is 1. The highest BCUT2D eigenvalue weighted by molar-refractivity contribution is 4.90. The summed E-state index contributed by atoms with van der Waals surface area (Å²) in [6.07, 6.45) is 7.29. The molecular formula is C14H28O3. The van der Waals surface area contributed by atoms with E-state index in [0.29, 0.717) is 13.2 Å². The van der Waals surface area contributed by atoms with Crippen molar-refractivity contribution in [1.29, 1.82) is 0 Å². The zero-order valence-corrected chi connectivity index (χ0v) is 11.4. The monoisotopic (exact) mass is 244 g/mol. The predicted molar refractivity (Wildman–Crippen MR) is 69.2 cm³/mol. The van der Waals surface area contributed by atoms with Crippen molar-refractivity contribution < 1.29 is 14.6 Å². The molecule has 0 aromatic rings. The molecule has 1 N–H and O–H groups in total. The maximum absolute atomic E-state index is 10.4. The molecule has 17 heavy (non-hydrogen) atoms. The van der Waals surface area contributed by atoms with Crippen molar-refractivity contribution in [1.82, 2.24) is 0 Å². The molecule has 0 amide bonds. The van der Waals surface area contributed by atoms with E-state index >= 15 is 0 Å². The lowest BCUT2D eigenvalue weighted by atomic mass is 9.88. The van der Waals surface area contributed by atoms with Gasteiger partial charge in [0.25, 0.3) is 0 Å². The fourth-order valence-corrected chi connectivity index (χ4v) is 2.68. The van der Waals surface area contributed by atoms with Crippen LogP contribution in [0.25, 0.3) is 0 Å². The van der Waals surface area contributed by atoms with Gasteiger partial charge in [-0.3, -0.25) is 0 Å².